The molecule has 0 aliphatic rings. The smallest absolute Gasteiger partial charge is 0.294 e. The van der Waals surface area contributed by atoms with Gasteiger partial charge >= 0.3 is 0 Å². The van der Waals surface area contributed by atoms with Gasteiger partial charge in [-0.3, -0.25) is 4.55 Å². The Morgan fingerprint density at radius 2 is 1.45 bits per heavy atom. The molecule has 7 N–H and O–H groups in total. The zero-order valence-corrected chi connectivity index (χ0v) is 16.8. The van der Waals surface area contributed by atoms with Gasteiger partial charge in [-0.2, -0.15) is 23.4 Å². The van der Waals surface area contributed by atoms with Gasteiger partial charge in [-0.05, 0) is 37.1 Å². The summed E-state index contributed by atoms with van der Waals surface area (Å²) in [4.78, 5) is 12.7. The quantitative estimate of drug-likeness (QED) is 0.201. The topological polar surface area (TPSA) is 175 Å². The number of aromatic nitrogens is 3. The van der Waals surface area contributed by atoms with Crippen LogP contribution in [0.4, 0.5) is 23.5 Å². The Labute approximate surface area is 169 Å². The summed E-state index contributed by atoms with van der Waals surface area (Å²) in [6.07, 6.45) is 3.66. The summed E-state index contributed by atoms with van der Waals surface area (Å²) >= 11 is 0. The van der Waals surface area contributed by atoms with E-state index in [4.69, 9.17) is 15.4 Å². The molecule has 29 heavy (non-hydrogen) atoms. The van der Waals surface area contributed by atoms with E-state index in [0.29, 0.717) is 37.2 Å². The van der Waals surface area contributed by atoms with Crippen LogP contribution in [0.25, 0.3) is 0 Å². The Hall–Kier alpha value is -2.54. The molecular weight excluding hydrogens is 398 g/mol. The van der Waals surface area contributed by atoms with Gasteiger partial charge in [-0.1, -0.05) is 12.8 Å². The van der Waals surface area contributed by atoms with E-state index in [0.717, 1.165) is 25.7 Å². The van der Waals surface area contributed by atoms with Gasteiger partial charge in [0.15, 0.2) is 0 Å². The average molecular weight is 426 g/mol. The lowest BCUT2D eigenvalue weighted by Gasteiger charge is -2.11. The van der Waals surface area contributed by atoms with Crippen LogP contribution < -0.4 is 21.7 Å². The minimum absolute atomic E-state index is 0.201. The van der Waals surface area contributed by atoms with E-state index >= 15 is 0 Å². The highest BCUT2D eigenvalue weighted by molar-refractivity contribution is 7.85. The molecule has 0 aliphatic carbocycles. The van der Waals surface area contributed by atoms with Crippen LogP contribution in [0.5, 0.6) is 0 Å². The molecule has 2 aromatic rings. The highest BCUT2D eigenvalue weighted by Crippen LogP contribution is 2.18. The van der Waals surface area contributed by atoms with Gasteiger partial charge in [0, 0.05) is 31.9 Å². The van der Waals surface area contributed by atoms with Crippen LogP contribution in [0, 0.1) is 0 Å². The van der Waals surface area contributed by atoms with Crippen LogP contribution >= 0.6 is 0 Å². The van der Waals surface area contributed by atoms with E-state index in [2.05, 4.69) is 30.9 Å². The minimum atomic E-state index is -4.25. The number of nitrogens with one attached hydrogen (secondary N) is 3. The maximum Gasteiger partial charge on any atom is 0.294 e. The van der Waals surface area contributed by atoms with Crippen molar-refractivity contribution in [2.24, 2.45) is 5.73 Å². The number of rotatable bonds is 13. The number of aliphatic hydroxyl groups excluding tert-OH is 1. The molecule has 0 fully saturated rings. The first kappa shape index (κ1) is 22.7. The number of benzene rings is 1. The molecule has 0 radical (unpaired) electrons. The van der Waals surface area contributed by atoms with E-state index in [1.54, 1.807) is 0 Å². The summed E-state index contributed by atoms with van der Waals surface area (Å²) in [5, 5.41) is 17.9. The van der Waals surface area contributed by atoms with E-state index in [-0.39, 0.29) is 17.5 Å². The van der Waals surface area contributed by atoms with Crippen LogP contribution in [0.1, 0.15) is 25.7 Å². The van der Waals surface area contributed by atoms with Crippen LogP contribution in [-0.2, 0) is 10.1 Å². The third-order valence-corrected chi connectivity index (χ3v) is 4.71. The number of unbranched alkanes of at least 4 members (excludes halogenated alkanes) is 3. The van der Waals surface area contributed by atoms with Gasteiger partial charge in [0.25, 0.3) is 10.1 Å². The third kappa shape index (κ3) is 8.15. The normalized spacial score (nSPS) is 11.3. The van der Waals surface area contributed by atoms with Crippen molar-refractivity contribution in [1.82, 2.24) is 15.0 Å². The molecule has 12 heteroatoms. The first-order valence-electron chi connectivity index (χ1n) is 9.31. The number of anilines is 4. The molecule has 160 valence electrons. The average Bonchev–Trinajstić information content (AvgIpc) is 2.69. The van der Waals surface area contributed by atoms with Crippen molar-refractivity contribution < 1.29 is 18.1 Å². The summed E-state index contributed by atoms with van der Waals surface area (Å²) < 4.78 is 31.3. The lowest BCUT2D eigenvalue weighted by atomic mass is 10.2. The molecule has 0 spiro atoms. The van der Waals surface area contributed by atoms with Crippen molar-refractivity contribution in [3.8, 4) is 0 Å². The van der Waals surface area contributed by atoms with E-state index in [1.807, 2.05) is 0 Å². The fourth-order valence-corrected chi connectivity index (χ4v) is 2.88. The van der Waals surface area contributed by atoms with Crippen molar-refractivity contribution in [1.29, 1.82) is 0 Å². The third-order valence-electron chi connectivity index (χ3n) is 3.84. The van der Waals surface area contributed by atoms with Gasteiger partial charge < -0.3 is 26.8 Å². The molecule has 1 heterocycles. The van der Waals surface area contributed by atoms with Crippen LogP contribution in [-0.4, -0.2) is 59.3 Å². The van der Waals surface area contributed by atoms with Crippen molar-refractivity contribution in [2.75, 3.05) is 42.2 Å². The van der Waals surface area contributed by atoms with Gasteiger partial charge in [-0.25, -0.2) is 0 Å². The fourth-order valence-electron chi connectivity index (χ4n) is 2.40. The Balaban J connectivity index is 2.06. The molecule has 0 saturated carbocycles. The predicted octanol–water partition coefficient (Wildman–Crippen LogP) is 1.20. The molecule has 0 unspecified atom stereocenters. The molecule has 1 aromatic carbocycles. The number of nitrogens with zero attached hydrogens (tertiary/aromatic N) is 3. The number of aliphatic hydroxyl groups is 1. The largest absolute Gasteiger partial charge is 0.396 e. The maximum atomic E-state index is 11.1. The van der Waals surface area contributed by atoms with Gasteiger partial charge in [0.2, 0.25) is 17.8 Å². The summed E-state index contributed by atoms with van der Waals surface area (Å²) in [5.74, 6) is 1.01. The number of hydrogen-bond donors (Lipinski definition) is 6. The molecule has 0 aliphatic heterocycles. The molecule has 1 aromatic heterocycles. The molecule has 0 bridgehead atoms. The van der Waals surface area contributed by atoms with Gasteiger partial charge in [0.05, 0.1) is 4.90 Å². The summed E-state index contributed by atoms with van der Waals surface area (Å²) in [5.41, 5.74) is 6.06. The minimum Gasteiger partial charge on any atom is -0.396 e. The second kappa shape index (κ2) is 11.5. The van der Waals surface area contributed by atoms with Crippen molar-refractivity contribution in [3.63, 3.8) is 0 Å². The fraction of sp³-hybridized carbons (Fsp3) is 0.471. The van der Waals surface area contributed by atoms with E-state index in [9.17, 15) is 8.42 Å². The second-order valence-corrected chi connectivity index (χ2v) is 7.63. The highest BCUT2D eigenvalue weighted by atomic mass is 32.2. The van der Waals surface area contributed by atoms with Crippen molar-refractivity contribution >= 4 is 33.7 Å². The monoisotopic (exact) mass is 425 g/mol. The summed E-state index contributed by atoms with van der Waals surface area (Å²) in [6, 6.07) is 5.54. The summed E-state index contributed by atoms with van der Waals surface area (Å²) in [6.45, 7) is 1.79. The summed E-state index contributed by atoms with van der Waals surface area (Å²) in [7, 11) is -4.25. The first-order chi connectivity index (χ1) is 13.9. The molecule has 2 rings (SSSR count). The highest BCUT2D eigenvalue weighted by Gasteiger charge is 2.10. The Morgan fingerprint density at radius 3 is 2.03 bits per heavy atom. The number of hydrogen-bond acceptors (Lipinski definition) is 10. The molecule has 11 nitrogen and oxygen atoms in total. The maximum absolute atomic E-state index is 11.1. The van der Waals surface area contributed by atoms with E-state index in [1.165, 1.54) is 24.3 Å². The van der Waals surface area contributed by atoms with Crippen LogP contribution in [0.2, 0.25) is 0 Å². The predicted molar refractivity (Wildman–Crippen MR) is 111 cm³/mol. The Morgan fingerprint density at radius 1 is 0.862 bits per heavy atom. The van der Waals surface area contributed by atoms with Crippen molar-refractivity contribution in [2.45, 2.75) is 30.6 Å². The molecule has 0 saturated heterocycles. The first-order valence-corrected chi connectivity index (χ1v) is 10.8. The lowest BCUT2D eigenvalue weighted by Crippen LogP contribution is -2.17. The van der Waals surface area contributed by atoms with Crippen molar-refractivity contribution in [3.05, 3.63) is 24.3 Å². The standard InChI is InChI=1S/C17H27N7O4S/c18-9-11-20-16-22-15(19-10-3-1-2-4-12-25)23-17(24-16)21-13-5-7-14(8-6-13)29(26,27)28/h5-8,25H,1-4,9-12,18H2,(H,26,27,28)(H3,19,20,21,22,23,24). The van der Waals surface area contributed by atoms with Crippen LogP contribution in [0.15, 0.2) is 29.2 Å². The molecule has 0 atom stereocenters. The lowest BCUT2D eigenvalue weighted by molar-refractivity contribution is 0.283. The zero-order valence-electron chi connectivity index (χ0n) is 16.0. The zero-order chi connectivity index (χ0) is 21.1. The van der Waals surface area contributed by atoms with E-state index < -0.39 is 10.1 Å². The Kier molecular flexibility index (Phi) is 8.99. The van der Waals surface area contributed by atoms with Gasteiger partial charge in [-0.15, -0.1) is 0 Å². The van der Waals surface area contributed by atoms with Gasteiger partial charge in [0.1, 0.15) is 0 Å². The molecular formula is C17H27N7O4S. The number of nitrogens with two attached hydrogens (primary N) is 1. The molecule has 0 amide bonds. The Bertz CT molecular complexity index is 863. The van der Waals surface area contributed by atoms with Crippen LogP contribution in [0.3, 0.4) is 0 Å². The second-order valence-electron chi connectivity index (χ2n) is 6.21. The SMILES string of the molecule is NCCNc1nc(NCCCCCCO)nc(Nc2ccc(S(=O)(=O)O)cc2)n1.